The molecule has 0 spiro atoms. The maximum atomic E-state index is 12.2. The molecule has 0 amide bonds. The Morgan fingerprint density at radius 3 is 2.73 bits per heavy atom. The highest BCUT2D eigenvalue weighted by atomic mass is 32.2. The van der Waals surface area contributed by atoms with E-state index < -0.39 is 10.0 Å². The van der Waals surface area contributed by atoms with Crippen LogP contribution in [0.5, 0.6) is 5.75 Å². The highest BCUT2D eigenvalue weighted by molar-refractivity contribution is 7.89. The van der Waals surface area contributed by atoms with Crippen LogP contribution in [0.25, 0.3) is 0 Å². The second-order valence-corrected chi connectivity index (χ2v) is 7.52. The number of nitrogens with zero attached hydrogens (tertiary/aromatic N) is 1. The Kier molecular flexibility index (Phi) is 6.23. The van der Waals surface area contributed by atoms with Crippen LogP contribution in [0.3, 0.4) is 0 Å². The van der Waals surface area contributed by atoms with Crippen molar-refractivity contribution in [2.45, 2.75) is 32.7 Å². The van der Waals surface area contributed by atoms with Crippen LogP contribution >= 0.6 is 0 Å². The van der Waals surface area contributed by atoms with Gasteiger partial charge in [0, 0.05) is 31.2 Å². The number of sulfonamides is 1. The van der Waals surface area contributed by atoms with Gasteiger partial charge in [-0.05, 0) is 18.9 Å². The molecule has 1 aliphatic rings. The Balaban J connectivity index is 1.97. The van der Waals surface area contributed by atoms with Gasteiger partial charge in [0.1, 0.15) is 5.75 Å². The van der Waals surface area contributed by atoms with Crippen molar-refractivity contribution in [2.75, 3.05) is 32.0 Å². The maximum Gasteiger partial charge on any atom is 0.215 e. The smallest absolute Gasteiger partial charge is 0.215 e. The summed E-state index contributed by atoms with van der Waals surface area (Å²) in [4.78, 5) is 0. The number of benzene rings is 1. The molecule has 0 saturated heterocycles. The van der Waals surface area contributed by atoms with E-state index in [2.05, 4.69) is 11.4 Å². The first kappa shape index (κ1) is 17.2. The summed E-state index contributed by atoms with van der Waals surface area (Å²) in [6, 6.07) is 8.14. The first-order valence-electron chi connectivity index (χ1n) is 8.01. The van der Waals surface area contributed by atoms with Crippen molar-refractivity contribution in [1.82, 2.24) is 9.62 Å². The lowest BCUT2D eigenvalue weighted by molar-refractivity contribution is 0.315. The average molecular weight is 326 g/mol. The van der Waals surface area contributed by atoms with Crippen LogP contribution in [0.1, 0.15) is 38.3 Å². The number of nitrogens with one attached hydrogen (secondary N) is 1. The molecule has 5 nitrogen and oxygen atoms in total. The molecule has 0 aliphatic carbocycles. The van der Waals surface area contributed by atoms with Gasteiger partial charge in [-0.2, -0.15) is 0 Å². The second-order valence-electron chi connectivity index (χ2n) is 5.44. The largest absolute Gasteiger partial charge is 0.493 e. The lowest BCUT2D eigenvalue weighted by atomic mass is 10.0. The van der Waals surface area contributed by atoms with Crippen LogP contribution in [0.15, 0.2) is 24.3 Å². The van der Waals surface area contributed by atoms with Crippen molar-refractivity contribution in [2.24, 2.45) is 0 Å². The lowest BCUT2D eigenvalue weighted by Gasteiger charge is -2.21. The summed E-state index contributed by atoms with van der Waals surface area (Å²) in [5.41, 5.74) is 1.13. The van der Waals surface area contributed by atoms with Gasteiger partial charge in [0.05, 0.1) is 12.4 Å². The maximum absolute atomic E-state index is 12.2. The molecule has 1 aromatic carbocycles. The van der Waals surface area contributed by atoms with Gasteiger partial charge in [0.15, 0.2) is 0 Å². The van der Waals surface area contributed by atoms with Crippen molar-refractivity contribution >= 4 is 10.0 Å². The van der Waals surface area contributed by atoms with Crippen LogP contribution < -0.4 is 10.1 Å². The topological polar surface area (TPSA) is 58.6 Å². The average Bonchev–Trinajstić information content (AvgIpc) is 2.71. The van der Waals surface area contributed by atoms with Crippen LogP contribution in [0.4, 0.5) is 0 Å². The number of para-hydroxylation sites is 1. The Morgan fingerprint density at radius 1 is 1.27 bits per heavy atom. The van der Waals surface area contributed by atoms with E-state index in [4.69, 9.17) is 4.74 Å². The Hall–Kier alpha value is -1.11. The molecule has 124 valence electrons. The molecule has 0 bridgehead atoms. The van der Waals surface area contributed by atoms with E-state index in [0.29, 0.717) is 26.2 Å². The van der Waals surface area contributed by atoms with Gasteiger partial charge in [-0.15, -0.1) is 0 Å². The van der Waals surface area contributed by atoms with E-state index in [1.165, 1.54) is 4.31 Å². The summed E-state index contributed by atoms with van der Waals surface area (Å²) in [5.74, 6) is 1.04. The van der Waals surface area contributed by atoms with Crippen LogP contribution in [-0.4, -0.2) is 44.7 Å². The number of rotatable bonds is 7. The van der Waals surface area contributed by atoms with Gasteiger partial charge in [-0.25, -0.2) is 12.7 Å². The molecule has 22 heavy (non-hydrogen) atoms. The van der Waals surface area contributed by atoms with E-state index in [-0.39, 0.29) is 11.8 Å². The molecule has 1 aromatic rings. The van der Waals surface area contributed by atoms with Gasteiger partial charge in [-0.1, -0.05) is 32.0 Å². The molecule has 0 radical (unpaired) electrons. The molecular formula is C16H26N2O3S. The third-order valence-corrected chi connectivity index (χ3v) is 6.06. The molecule has 1 unspecified atom stereocenters. The Bertz CT molecular complexity index is 571. The van der Waals surface area contributed by atoms with Crippen LogP contribution in [0.2, 0.25) is 0 Å². The van der Waals surface area contributed by atoms with Gasteiger partial charge < -0.3 is 10.1 Å². The fourth-order valence-electron chi connectivity index (χ4n) is 2.85. The predicted octanol–water partition coefficient (Wildman–Crippen LogP) is 2.16. The molecular weight excluding hydrogens is 300 g/mol. The third-order valence-electron chi connectivity index (χ3n) is 4.04. The quantitative estimate of drug-likeness (QED) is 0.834. The Morgan fingerprint density at radius 2 is 2.00 bits per heavy atom. The number of ether oxygens (including phenoxy) is 1. The summed E-state index contributed by atoms with van der Waals surface area (Å²) in [5, 5.41) is 3.39. The summed E-state index contributed by atoms with van der Waals surface area (Å²) in [6.07, 6.45) is 1.93. The highest BCUT2D eigenvalue weighted by Gasteiger charge is 2.21. The summed E-state index contributed by atoms with van der Waals surface area (Å²) < 4.78 is 31.7. The zero-order valence-corrected chi connectivity index (χ0v) is 14.2. The van der Waals surface area contributed by atoms with Gasteiger partial charge in [0.25, 0.3) is 0 Å². The fourth-order valence-corrected chi connectivity index (χ4v) is 4.27. The first-order chi connectivity index (χ1) is 10.6. The van der Waals surface area contributed by atoms with Crippen LogP contribution in [-0.2, 0) is 10.0 Å². The molecule has 1 aliphatic heterocycles. The first-order valence-corrected chi connectivity index (χ1v) is 9.62. The molecule has 0 aromatic heterocycles. The van der Waals surface area contributed by atoms with E-state index in [1.807, 2.05) is 32.0 Å². The van der Waals surface area contributed by atoms with E-state index >= 15 is 0 Å². The number of fused-ring (bicyclic) bond motifs is 1. The van der Waals surface area contributed by atoms with Crippen molar-refractivity contribution in [3.8, 4) is 5.75 Å². The monoisotopic (exact) mass is 326 g/mol. The molecule has 1 N–H and O–H groups in total. The van der Waals surface area contributed by atoms with Gasteiger partial charge in [0.2, 0.25) is 10.0 Å². The minimum absolute atomic E-state index is 0.133. The standard InChI is InChI=1S/C16H26N2O3S/c1-3-18(4-2)22(19,20)13-11-17-15-9-7-12-21-16-10-6-5-8-14(15)16/h5-6,8,10,15,17H,3-4,7,9,11-13H2,1-2H3. The normalized spacial score (nSPS) is 18.6. The van der Waals surface area contributed by atoms with Crippen LogP contribution in [0, 0.1) is 0 Å². The Labute approximate surface area is 133 Å². The van der Waals surface area contributed by atoms with Crippen molar-refractivity contribution < 1.29 is 13.2 Å². The summed E-state index contributed by atoms with van der Waals surface area (Å²) >= 11 is 0. The molecule has 2 rings (SSSR count). The number of hydrogen-bond donors (Lipinski definition) is 1. The predicted molar refractivity (Wildman–Crippen MR) is 88.6 cm³/mol. The highest BCUT2D eigenvalue weighted by Crippen LogP contribution is 2.30. The third kappa shape index (κ3) is 4.21. The van der Waals surface area contributed by atoms with Crippen molar-refractivity contribution in [3.05, 3.63) is 29.8 Å². The molecule has 6 heteroatoms. The molecule has 1 heterocycles. The van der Waals surface area contributed by atoms with Crippen molar-refractivity contribution in [1.29, 1.82) is 0 Å². The van der Waals surface area contributed by atoms with Crippen molar-refractivity contribution in [3.63, 3.8) is 0 Å². The minimum Gasteiger partial charge on any atom is -0.493 e. The second kappa shape index (κ2) is 7.94. The summed E-state index contributed by atoms with van der Waals surface area (Å²) in [7, 11) is -3.17. The van der Waals surface area contributed by atoms with E-state index in [1.54, 1.807) is 0 Å². The van der Waals surface area contributed by atoms with E-state index in [9.17, 15) is 8.42 Å². The zero-order valence-electron chi connectivity index (χ0n) is 13.4. The molecule has 0 fully saturated rings. The summed E-state index contributed by atoms with van der Waals surface area (Å²) in [6.45, 7) is 5.96. The molecule has 1 atom stereocenters. The lowest BCUT2D eigenvalue weighted by Crippen LogP contribution is -2.36. The molecule has 0 saturated carbocycles. The zero-order chi connectivity index (χ0) is 16.0. The van der Waals surface area contributed by atoms with Gasteiger partial charge >= 0.3 is 0 Å². The number of hydrogen-bond acceptors (Lipinski definition) is 4. The SMILES string of the molecule is CCN(CC)S(=O)(=O)CCNC1CCCOc2ccccc21. The van der Waals surface area contributed by atoms with Gasteiger partial charge in [-0.3, -0.25) is 0 Å². The minimum atomic E-state index is -3.17. The fraction of sp³-hybridized carbons (Fsp3) is 0.625. The van der Waals surface area contributed by atoms with E-state index in [0.717, 1.165) is 24.2 Å².